The zero-order chi connectivity index (χ0) is 19.3. The summed E-state index contributed by atoms with van der Waals surface area (Å²) < 4.78 is 7.09. The lowest BCUT2D eigenvalue weighted by molar-refractivity contribution is -0.131. The molecule has 146 valence electrons. The monoisotopic (exact) mass is 380 g/mol. The van der Waals surface area contributed by atoms with Gasteiger partial charge in [0.25, 0.3) is 0 Å². The first kappa shape index (κ1) is 18.4. The molecule has 1 fully saturated rings. The predicted molar refractivity (Wildman–Crippen MR) is 103 cm³/mol. The molecule has 0 bridgehead atoms. The molecule has 3 aromatic rings. The van der Waals surface area contributed by atoms with Gasteiger partial charge in [-0.05, 0) is 37.6 Å². The van der Waals surface area contributed by atoms with Crippen LogP contribution < -0.4 is 5.32 Å². The van der Waals surface area contributed by atoms with Crippen molar-refractivity contribution in [2.75, 3.05) is 20.1 Å². The number of hydrogen-bond acceptors (Lipinski definition) is 6. The Kier molecular flexibility index (Phi) is 5.48. The van der Waals surface area contributed by atoms with Crippen molar-refractivity contribution in [3.63, 3.8) is 0 Å². The molecule has 1 unspecified atom stereocenters. The molecule has 8 nitrogen and oxygen atoms in total. The van der Waals surface area contributed by atoms with Crippen molar-refractivity contribution in [1.29, 1.82) is 0 Å². The highest BCUT2D eigenvalue weighted by atomic mass is 16.5. The van der Waals surface area contributed by atoms with Crippen molar-refractivity contribution in [2.24, 2.45) is 0 Å². The molecule has 1 aliphatic heterocycles. The summed E-state index contributed by atoms with van der Waals surface area (Å²) in [6.07, 6.45) is 7.61. The predicted octanol–water partition coefficient (Wildman–Crippen LogP) is 2.06. The van der Waals surface area contributed by atoms with Crippen LogP contribution in [0.3, 0.4) is 0 Å². The van der Waals surface area contributed by atoms with Gasteiger partial charge in [0.2, 0.25) is 5.91 Å². The van der Waals surface area contributed by atoms with Gasteiger partial charge >= 0.3 is 0 Å². The third-order valence-corrected chi connectivity index (χ3v) is 5.03. The van der Waals surface area contributed by atoms with E-state index in [9.17, 15) is 4.79 Å². The lowest BCUT2D eigenvalue weighted by Gasteiger charge is -2.20. The lowest BCUT2D eigenvalue weighted by atomic mass is 9.97. The summed E-state index contributed by atoms with van der Waals surface area (Å²) >= 11 is 0. The quantitative estimate of drug-likeness (QED) is 0.704. The molecule has 0 spiro atoms. The molecule has 0 saturated carbocycles. The minimum absolute atomic E-state index is 0.0294. The molecule has 1 saturated heterocycles. The largest absolute Gasteiger partial charge is 0.359 e. The second-order valence-corrected chi connectivity index (χ2v) is 7.15. The first-order valence-electron chi connectivity index (χ1n) is 9.53. The van der Waals surface area contributed by atoms with E-state index in [1.54, 1.807) is 29.0 Å². The van der Waals surface area contributed by atoms with Gasteiger partial charge in [0.15, 0.2) is 5.76 Å². The second-order valence-electron chi connectivity index (χ2n) is 7.15. The number of nitrogens with one attached hydrogen (secondary N) is 1. The topological polar surface area (TPSA) is 89.1 Å². The summed E-state index contributed by atoms with van der Waals surface area (Å²) in [7, 11) is 1.76. The average molecular weight is 380 g/mol. The summed E-state index contributed by atoms with van der Waals surface area (Å²) in [6, 6.07) is 7.60. The molecule has 3 aromatic heterocycles. The molecule has 1 amide bonds. The van der Waals surface area contributed by atoms with Crippen molar-refractivity contribution < 1.29 is 9.32 Å². The van der Waals surface area contributed by atoms with Crippen LogP contribution in [0.4, 0.5) is 0 Å². The number of rotatable bonds is 6. The first-order valence-corrected chi connectivity index (χ1v) is 9.53. The molecule has 28 heavy (non-hydrogen) atoms. The fraction of sp³-hybridized carbons (Fsp3) is 0.400. The molecule has 4 rings (SSSR count). The third kappa shape index (κ3) is 4.28. The Morgan fingerprint density at radius 3 is 3.00 bits per heavy atom. The van der Waals surface area contributed by atoms with Gasteiger partial charge in [-0.2, -0.15) is 5.10 Å². The number of amides is 1. The molecular formula is C20H24N6O2. The van der Waals surface area contributed by atoms with Gasteiger partial charge in [0.1, 0.15) is 12.2 Å². The van der Waals surface area contributed by atoms with Gasteiger partial charge < -0.3 is 14.7 Å². The van der Waals surface area contributed by atoms with Gasteiger partial charge in [-0.1, -0.05) is 5.16 Å². The number of pyridine rings is 1. The number of aromatic nitrogens is 4. The first-order chi connectivity index (χ1) is 13.7. The van der Waals surface area contributed by atoms with E-state index in [0.29, 0.717) is 18.2 Å². The highest BCUT2D eigenvalue weighted by Crippen LogP contribution is 2.21. The minimum atomic E-state index is -0.0294. The van der Waals surface area contributed by atoms with Gasteiger partial charge in [-0.15, -0.1) is 0 Å². The fourth-order valence-electron chi connectivity index (χ4n) is 3.41. The standard InChI is InChI=1S/C20H24N6O2/c1-25(13-17-11-19(24-28-17)15-4-8-21-9-5-15)20(27)14-26-10-6-18(23-26)16-3-2-7-22-12-16/h4-6,8-11,16,22H,2-3,7,12-14H2,1H3. The van der Waals surface area contributed by atoms with Gasteiger partial charge in [-0.3, -0.25) is 14.5 Å². The Labute approximate surface area is 163 Å². The fourth-order valence-corrected chi connectivity index (χ4v) is 3.41. The smallest absolute Gasteiger partial charge is 0.244 e. The molecule has 0 radical (unpaired) electrons. The Bertz CT molecular complexity index is 914. The molecule has 8 heteroatoms. The van der Waals surface area contributed by atoms with E-state index >= 15 is 0 Å². The molecule has 0 aromatic carbocycles. The molecule has 1 N–H and O–H groups in total. The number of carbonyl (C=O) groups excluding carboxylic acids is 1. The summed E-state index contributed by atoms with van der Waals surface area (Å²) in [4.78, 5) is 18.2. The van der Waals surface area contributed by atoms with Gasteiger partial charge in [-0.25, -0.2) is 0 Å². The van der Waals surface area contributed by atoms with Crippen LogP contribution in [-0.2, 0) is 17.9 Å². The van der Waals surface area contributed by atoms with Crippen LogP contribution in [-0.4, -0.2) is 50.9 Å². The van der Waals surface area contributed by atoms with E-state index in [1.807, 2.05) is 30.5 Å². The van der Waals surface area contributed by atoms with Crippen LogP contribution in [0.15, 0.2) is 47.4 Å². The Morgan fingerprint density at radius 1 is 1.36 bits per heavy atom. The van der Waals surface area contributed by atoms with E-state index in [0.717, 1.165) is 42.9 Å². The molecule has 0 aliphatic carbocycles. The summed E-state index contributed by atoms with van der Waals surface area (Å²) in [6.45, 7) is 2.60. The normalized spacial score (nSPS) is 16.8. The number of piperidine rings is 1. The highest BCUT2D eigenvalue weighted by molar-refractivity contribution is 5.75. The Balaban J connectivity index is 1.34. The van der Waals surface area contributed by atoms with E-state index in [1.165, 1.54) is 0 Å². The third-order valence-electron chi connectivity index (χ3n) is 5.03. The zero-order valence-corrected chi connectivity index (χ0v) is 15.9. The Morgan fingerprint density at radius 2 is 2.21 bits per heavy atom. The van der Waals surface area contributed by atoms with E-state index in [4.69, 9.17) is 4.52 Å². The van der Waals surface area contributed by atoms with Crippen molar-refractivity contribution in [1.82, 2.24) is 30.1 Å². The summed E-state index contributed by atoms with van der Waals surface area (Å²) in [5.41, 5.74) is 2.72. The summed E-state index contributed by atoms with van der Waals surface area (Å²) in [5.74, 6) is 1.04. The van der Waals surface area contributed by atoms with Crippen LogP contribution in [0.5, 0.6) is 0 Å². The van der Waals surface area contributed by atoms with Gasteiger partial charge in [0.05, 0.1) is 12.2 Å². The van der Waals surface area contributed by atoms with Crippen LogP contribution in [0.25, 0.3) is 11.3 Å². The lowest BCUT2D eigenvalue weighted by Crippen LogP contribution is -2.30. The maximum absolute atomic E-state index is 12.6. The minimum Gasteiger partial charge on any atom is -0.359 e. The van der Waals surface area contributed by atoms with E-state index < -0.39 is 0 Å². The molecule has 4 heterocycles. The SMILES string of the molecule is CN(Cc1cc(-c2ccncc2)no1)C(=O)Cn1ccc(C2CCCNC2)n1. The van der Waals surface area contributed by atoms with Crippen molar-refractivity contribution in [3.8, 4) is 11.3 Å². The van der Waals surface area contributed by atoms with Crippen LogP contribution in [0.2, 0.25) is 0 Å². The van der Waals surface area contributed by atoms with Crippen molar-refractivity contribution in [2.45, 2.75) is 31.8 Å². The maximum atomic E-state index is 12.6. The number of carbonyl (C=O) groups is 1. The van der Waals surface area contributed by atoms with Crippen LogP contribution >= 0.6 is 0 Å². The molecule has 1 aliphatic rings. The summed E-state index contributed by atoms with van der Waals surface area (Å²) in [5, 5.41) is 12.1. The van der Waals surface area contributed by atoms with Crippen molar-refractivity contribution >= 4 is 5.91 Å². The number of likely N-dealkylation sites (N-methyl/N-ethyl adjacent to an activating group) is 1. The Hall–Kier alpha value is -3.00. The van der Waals surface area contributed by atoms with E-state index in [2.05, 4.69) is 20.6 Å². The highest BCUT2D eigenvalue weighted by Gasteiger charge is 2.19. The zero-order valence-electron chi connectivity index (χ0n) is 15.9. The van der Waals surface area contributed by atoms with Gasteiger partial charge in [0, 0.05) is 49.7 Å². The molecule has 1 atom stereocenters. The molecular weight excluding hydrogens is 356 g/mol. The van der Waals surface area contributed by atoms with E-state index in [-0.39, 0.29) is 12.5 Å². The van der Waals surface area contributed by atoms with Crippen LogP contribution in [0, 0.1) is 0 Å². The number of nitrogens with zero attached hydrogens (tertiary/aromatic N) is 5. The average Bonchev–Trinajstić information content (AvgIpc) is 3.39. The number of hydrogen-bond donors (Lipinski definition) is 1. The van der Waals surface area contributed by atoms with Crippen LogP contribution in [0.1, 0.15) is 30.2 Å². The maximum Gasteiger partial charge on any atom is 0.244 e. The second kappa shape index (κ2) is 8.35. The van der Waals surface area contributed by atoms with Crippen molar-refractivity contribution in [3.05, 3.63) is 54.3 Å².